The molecule has 0 radical (unpaired) electrons. The molecule has 0 bridgehead atoms. The van der Waals surface area contributed by atoms with E-state index < -0.39 is 11.6 Å². The van der Waals surface area contributed by atoms with Crippen LogP contribution in [-0.4, -0.2) is 73.9 Å². The first-order chi connectivity index (χ1) is 16.9. The molecule has 2 saturated heterocycles. The smallest absolute Gasteiger partial charge is 0.340 e. The number of carbonyl (C=O) groups is 1. The van der Waals surface area contributed by atoms with Crippen molar-refractivity contribution in [2.45, 2.75) is 58.0 Å². The van der Waals surface area contributed by atoms with Crippen LogP contribution in [-0.2, 0) is 27.2 Å². The minimum absolute atomic E-state index is 0.103. The van der Waals surface area contributed by atoms with Crippen LogP contribution < -0.4 is 5.63 Å². The molecule has 35 heavy (non-hydrogen) atoms. The van der Waals surface area contributed by atoms with E-state index in [1.54, 1.807) is 26.2 Å². The number of ether oxygens (including phenoxy) is 2. The maximum absolute atomic E-state index is 12.8. The average molecular weight is 487 g/mol. The van der Waals surface area contributed by atoms with Crippen LogP contribution in [0.15, 0.2) is 21.3 Å². The van der Waals surface area contributed by atoms with Crippen molar-refractivity contribution in [2.24, 2.45) is 5.92 Å². The Bertz CT molecular complexity index is 1100. The Labute approximate surface area is 206 Å². The standard InChI is InChI=1S/C27H38N2O6/c1-18-20-9-10-24(30)22(26(20)35-27(32)21(18)15-25(31)34-3)17-28(13-14-33-2)16-19-7-6-12-29-11-5-4-8-23(19)29/h9-10,19,23,30H,4-8,11-17H2,1-3H3/t19-,23+/m0/s1. The number of nitrogens with zero attached hydrogens (tertiary/aromatic N) is 2. The van der Waals surface area contributed by atoms with Gasteiger partial charge in [-0.2, -0.15) is 0 Å². The highest BCUT2D eigenvalue weighted by molar-refractivity contribution is 5.87. The van der Waals surface area contributed by atoms with Gasteiger partial charge in [0.05, 0.1) is 31.3 Å². The first kappa shape index (κ1) is 25.7. The summed E-state index contributed by atoms with van der Waals surface area (Å²) >= 11 is 0. The quantitative estimate of drug-likeness (QED) is 0.427. The first-order valence-electron chi connectivity index (χ1n) is 12.7. The van der Waals surface area contributed by atoms with E-state index in [0.29, 0.717) is 41.8 Å². The molecule has 1 aromatic heterocycles. The maximum atomic E-state index is 12.8. The van der Waals surface area contributed by atoms with E-state index in [2.05, 4.69) is 9.80 Å². The first-order valence-corrected chi connectivity index (χ1v) is 12.7. The molecular weight excluding hydrogens is 448 g/mol. The van der Waals surface area contributed by atoms with Crippen LogP contribution in [0, 0.1) is 12.8 Å². The lowest BCUT2D eigenvalue weighted by molar-refractivity contribution is -0.139. The summed E-state index contributed by atoms with van der Waals surface area (Å²) in [6.45, 7) is 6.86. The molecule has 2 aliphatic heterocycles. The molecular formula is C27H38N2O6. The highest BCUT2D eigenvalue weighted by Gasteiger charge is 2.34. The third kappa shape index (κ3) is 5.71. The van der Waals surface area contributed by atoms with E-state index in [1.807, 2.05) is 0 Å². The number of piperidine rings is 2. The van der Waals surface area contributed by atoms with Crippen molar-refractivity contribution < 1.29 is 23.8 Å². The number of benzene rings is 1. The molecule has 0 amide bonds. The minimum atomic E-state index is -0.569. The van der Waals surface area contributed by atoms with Gasteiger partial charge in [-0.05, 0) is 69.3 Å². The highest BCUT2D eigenvalue weighted by Crippen LogP contribution is 2.34. The fourth-order valence-corrected chi connectivity index (χ4v) is 5.87. The Morgan fingerprint density at radius 2 is 1.97 bits per heavy atom. The summed E-state index contributed by atoms with van der Waals surface area (Å²) in [5.74, 6) is 0.179. The summed E-state index contributed by atoms with van der Waals surface area (Å²) in [5.41, 5.74) is 1.38. The topological polar surface area (TPSA) is 92.4 Å². The predicted octanol–water partition coefficient (Wildman–Crippen LogP) is 3.24. The summed E-state index contributed by atoms with van der Waals surface area (Å²) in [6.07, 6.45) is 6.11. The number of rotatable bonds is 9. The number of methoxy groups -OCH3 is 2. The van der Waals surface area contributed by atoms with Crippen molar-refractivity contribution in [1.29, 1.82) is 0 Å². The number of aromatic hydroxyl groups is 1. The molecule has 2 aromatic rings. The van der Waals surface area contributed by atoms with Crippen molar-refractivity contribution in [3.8, 4) is 5.75 Å². The van der Waals surface area contributed by atoms with Gasteiger partial charge < -0.3 is 23.9 Å². The van der Waals surface area contributed by atoms with Gasteiger partial charge in [0.1, 0.15) is 11.3 Å². The second-order valence-electron chi connectivity index (χ2n) is 9.92. The Hall–Kier alpha value is -2.42. The number of aryl methyl sites for hydroxylation is 1. The molecule has 2 aliphatic rings. The predicted molar refractivity (Wildman–Crippen MR) is 134 cm³/mol. The second kappa shape index (κ2) is 11.5. The van der Waals surface area contributed by atoms with Gasteiger partial charge in [0.2, 0.25) is 0 Å². The van der Waals surface area contributed by atoms with Crippen molar-refractivity contribution in [1.82, 2.24) is 9.80 Å². The molecule has 1 aromatic carbocycles. The lowest BCUT2D eigenvalue weighted by Crippen LogP contribution is -2.51. The van der Waals surface area contributed by atoms with Gasteiger partial charge in [-0.1, -0.05) is 6.42 Å². The van der Waals surface area contributed by atoms with Crippen LogP contribution in [0.4, 0.5) is 0 Å². The van der Waals surface area contributed by atoms with Crippen molar-refractivity contribution in [2.75, 3.05) is 47.0 Å². The largest absolute Gasteiger partial charge is 0.507 e. The number of carbonyl (C=O) groups excluding carboxylic acids is 1. The monoisotopic (exact) mass is 486 g/mol. The molecule has 2 fully saturated rings. The zero-order valence-electron chi connectivity index (χ0n) is 21.2. The molecule has 0 spiro atoms. The van der Waals surface area contributed by atoms with Gasteiger partial charge in [0.15, 0.2) is 0 Å². The molecule has 0 unspecified atom stereocenters. The second-order valence-corrected chi connectivity index (χ2v) is 9.92. The lowest BCUT2D eigenvalue weighted by atomic mass is 9.83. The number of phenolic OH excluding ortho intramolecular Hbond substituents is 1. The molecule has 8 nitrogen and oxygen atoms in total. The third-order valence-electron chi connectivity index (χ3n) is 7.80. The Morgan fingerprint density at radius 1 is 1.17 bits per heavy atom. The van der Waals surface area contributed by atoms with Crippen LogP contribution >= 0.6 is 0 Å². The molecule has 4 rings (SSSR count). The van der Waals surface area contributed by atoms with Crippen LogP contribution in [0.1, 0.15) is 48.8 Å². The van der Waals surface area contributed by atoms with E-state index in [0.717, 1.165) is 18.5 Å². The summed E-state index contributed by atoms with van der Waals surface area (Å²) < 4.78 is 15.9. The van der Waals surface area contributed by atoms with Crippen molar-refractivity contribution in [3.63, 3.8) is 0 Å². The SMILES string of the molecule is COCCN(Cc1c(O)ccc2c(C)c(CC(=O)OC)c(=O)oc12)C[C@@H]1CCCN2CCCC[C@H]12. The highest BCUT2D eigenvalue weighted by atomic mass is 16.5. The molecule has 2 atom stereocenters. The summed E-state index contributed by atoms with van der Waals surface area (Å²) in [5, 5.41) is 11.5. The van der Waals surface area contributed by atoms with Gasteiger partial charge in [-0.15, -0.1) is 0 Å². The fourth-order valence-electron chi connectivity index (χ4n) is 5.87. The van der Waals surface area contributed by atoms with Gasteiger partial charge in [0.25, 0.3) is 0 Å². The number of hydrogen-bond donors (Lipinski definition) is 1. The summed E-state index contributed by atoms with van der Waals surface area (Å²) in [4.78, 5) is 29.6. The average Bonchev–Trinajstić information content (AvgIpc) is 2.86. The van der Waals surface area contributed by atoms with Crippen LogP contribution in [0.5, 0.6) is 5.75 Å². The van der Waals surface area contributed by atoms with Gasteiger partial charge in [-0.25, -0.2) is 4.79 Å². The van der Waals surface area contributed by atoms with E-state index >= 15 is 0 Å². The van der Waals surface area contributed by atoms with Gasteiger partial charge in [0, 0.05) is 38.2 Å². The molecule has 0 saturated carbocycles. The Balaban J connectivity index is 1.64. The van der Waals surface area contributed by atoms with Crippen LogP contribution in [0.2, 0.25) is 0 Å². The number of fused-ring (bicyclic) bond motifs is 2. The van der Waals surface area contributed by atoms with Crippen LogP contribution in [0.25, 0.3) is 11.0 Å². The lowest BCUT2D eigenvalue weighted by Gasteiger charge is -2.45. The van der Waals surface area contributed by atoms with E-state index in [1.165, 1.54) is 52.3 Å². The number of esters is 1. The maximum Gasteiger partial charge on any atom is 0.340 e. The molecule has 0 aliphatic carbocycles. The third-order valence-corrected chi connectivity index (χ3v) is 7.80. The van der Waals surface area contributed by atoms with E-state index in [-0.39, 0.29) is 17.7 Å². The Morgan fingerprint density at radius 3 is 2.74 bits per heavy atom. The fraction of sp³-hybridized carbons (Fsp3) is 0.630. The summed E-state index contributed by atoms with van der Waals surface area (Å²) in [7, 11) is 2.99. The van der Waals surface area contributed by atoms with Crippen molar-refractivity contribution in [3.05, 3.63) is 39.2 Å². The molecule has 3 heterocycles. The van der Waals surface area contributed by atoms with E-state index in [4.69, 9.17) is 13.9 Å². The number of phenols is 1. The minimum Gasteiger partial charge on any atom is -0.507 e. The molecule has 1 N–H and O–H groups in total. The Kier molecular flexibility index (Phi) is 8.46. The summed E-state index contributed by atoms with van der Waals surface area (Å²) in [6, 6.07) is 4.00. The molecule has 192 valence electrons. The van der Waals surface area contributed by atoms with E-state index in [9.17, 15) is 14.7 Å². The zero-order valence-corrected chi connectivity index (χ0v) is 21.2. The normalized spacial score (nSPS) is 20.8. The van der Waals surface area contributed by atoms with Gasteiger partial charge in [-0.3, -0.25) is 9.69 Å². The molecule has 8 heteroatoms. The van der Waals surface area contributed by atoms with Crippen LogP contribution in [0.3, 0.4) is 0 Å². The zero-order chi connectivity index (χ0) is 24.9. The van der Waals surface area contributed by atoms with Crippen molar-refractivity contribution >= 4 is 16.9 Å². The van der Waals surface area contributed by atoms with Gasteiger partial charge >= 0.3 is 11.6 Å². The number of hydrogen-bond acceptors (Lipinski definition) is 8.